The molecule has 0 aliphatic rings. The number of thiophene rings is 1. The molecule has 1 amide bonds. The van der Waals surface area contributed by atoms with Gasteiger partial charge in [0.15, 0.2) is 0 Å². The number of carbonyl (C=O) groups is 1. The minimum Gasteiger partial charge on any atom is -0.355 e. The van der Waals surface area contributed by atoms with Crippen molar-refractivity contribution in [1.29, 1.82) is 0 Å². The summed E-state index contributed by atoms with van der Waals surface area (Å²) in [7, 11) is 1.87. The monoisotopic (exact) mass is 212 g/mol. The van der Waals surface area contributed by atoms with Crippen LogP contribution in [-0.4, -0.2) is 26.0 Å². The van der Waals surface area contributed by atoms with Crippen molar-refractivity contribution in [3.8, 4) is 0 Å². The summed E-state index contributed by atoms with van der Waals surface area (Å²) < 4.78 is 0. The van der Waals surface area contributed by atoms with E-state index < -0.39 is 0 Å². The molecule has 0 atom stereocenters. The molecule has 1 rings (SSSR count). The predicted molar refractivity (Wildman–Crippen MR) is 59.6 cm³/mol. The number of nitrogens with one attached hydrogen (secondary N) is 2. The van der Waals surface area contributed by atoms with E-state index in [1.807, 2.05) is 18.5 Å². The van der Waals surface area contributed by atoms with Gasteiger partial charge in [-0.05, 0) is 24.9 Å². The SMILES string of the molecule is CNCCNC(=O)CCc1cccs1. The summed E-state index contributed by atoms with van der Waals surface area (Å²) in [5.74, 6) is 0.133. The molecule has 0 aliphatic heterocycles. The third-order valence-corrected chi connectivity index (χ3v) is 2.81. The van der Waals surface area contributed by atoms with Gasteiger partial charge in [-0.25, -0.2) is 0 Å². The Morgan fingerprint density at radius 1 is 1.50 bits per heavy atom. The standard InChI is InChI=1S/C10H16N2OS/c1-11-6-7-12-10(13)5-4-9-3-2-8-14-9/h2-3,8,11H,4-7H2,1H3,(H,12,13). The number of hydrogen-bond donors (Lipinski definition) is 2. The van der Waals surface area contributed by atoms with E-state index in [2.05, 4.69) is 16.7 Å². The lowest BCUT2D eigenvalue weighted by Gasteiger charge is -2.03. The van der Waals surface area contributed by atoms with E-state index in [-0.39, 0.29) is 5.91 Å². The normalized spacial score (nSPS) is 10.1. The maximum absolute atomic E-state index is 11.3. The first-order valence-corrected chi connectivity index (χ1v) is 5.64. The Bertz CT molecular complexity index is 259. The molecule has 0 spiro atoms. The van der Waals surface area contributed by atoms with Crippen LogP contribution in [-0.2, 0) is 11.2 Å². The van der Waals surface area contributed by atoms with E-state index in [4.69, 9.17) is 0 Å². The van der Waals surface area contributed by atoms with Crippen molar-refractivity contribution in [3.05, 3.63) is 22.4 Å². The van der Waals surface area contributed by atoms with E-state index in [1.54, 1.807) is 11.3 Å². The number of hydrogen-bond acceptors (Lipinski definition) is 3. The molecule has 0 radical (unpaired) electrons. The molecule has 0 unspecified atom stereocenters. The molecule has 0 saturated heterocycles. The Morgan fingerprint density at radius 3 is 3.00 bits per heavy atom. The Balaban J connectivity index is 2.09. The molecule has 4 heteroatoms. The van der Waals surface area contributed by atoms with Crippen molar-refractivity contribution in [3.63, 3.8) is 0 Å². The Labute approximate surface area is 88.5 Å². The Kier molecular flexibility index (Phi) is 5.25. The average molecular weight is 212 g/mol. The highest BCUT2D eigenvalue weighted by molar-refractivity contribution is 7.09. The van der Waals surface area contributed by atoms with Gasteiger partial charge < -0.3 is 10.6 Å². The van der Waals surface area contributed by atoms with Gasteiger partial charge in [-0.15, -0.1) is 11.3 Å². The summed E-state index contributed by atoms with van der Waals surface area (Å²) in [6.45, 7) is 1.53. The fraction of sp³-hybridized carbons (Fsp3) is 0.500. The fourth-order valence-corrected chi connectivity index (χ4v) is 1.82. The summed E-state index contributed by atoms with van der Waals surface area (Å²) >= 11 is 1.70. The van der Waals surface area contributed by atoms with Crippen LogP contribution >= 0.6 is 11.3 Å². The minimum absolute atomic E-state index is 0.133. The molecule has 0 saturated carbocycles. The van der Waals surface area contributed by atoms with Gasteiger partial charge in [-0.1, -0.05) is 6.07 Å². The highest BCUT2D eigenvalue weighted by Crippen LogP contribution is 2.10. The fourth-order valence-electron chi connectivity index (χ4n) is 1.11. The summed E-state index contributed by atoms with van der Waals surface area (Å²) in [4.78, 5) is 12.6. The zero-order valence-corrected chi connectivity index (χ0v) is 9.19. The van der Waals surface area contributed by atoms with Gasteiger partial charge in [0.25, 0.3) is 0 Å². The summed E-state index contributed by atoms with van der Waals surface area (Å²) in [5.41, 5.74) is 0. The minimum atomic E-state index is 0.133. The number of aryl methyl sites for hydroxylation is 1. The number of amides is 1. The van der Waals surface area contributed by atoms with E-state index in [0.717, 1.165) is 13.0 Å². The third-order valence-electron chi connectivity index (χ3n) is 1.88. The van der Waals surface area contributed by atoms with E-state index in [1.165, 1.54) is 4.88 Å². The Hall–Kier alpha value is -0.870. The zero-order valence-electron chi connectivity index (χ0n) is 8.38. The van der Waals surface area contributed by atoms with Crippen LogP contribution in [0.2, 0.25) is 0 Å². The molecule has 78 valence electrons. The molecule has 0 fully saturated rings. The van der Waals surface area contributed by atoms with Gasteiger partial charge >= 0.3 is 0 Å². The van der Waals surface area contributed by atoms with Crippen LogP contribution in [0.15, 0.2) is 17.5 Å². The van der Waals surface area contributed by atoms with Crippen molar-refractivity contribution in [2.24, 2.45) is 0 Å². The summed E-state index contributed by atoms with van der Waals surface area (Å²) in [5, 5.41) is 7.87. The average Bonchev–Trinajstić information content (AvgIpc) is 2.68. The lowest BCUT2D eigenvalue weighted by molar-refractivity contribution is -0.121. The number of likely N-dealkylation sites (N-methyl/N-ethyl adjacent to an activating group) is 1. The first kappa shape index (κ1) is 11.2. The van der Waals surface area contributed by atoms with Gasteiger partial charge in [0, 0.05) is 24.4 Å². The number of rotatable bonds is 6. The smallest absolute Gasteiger partial charge is 0.220 e. The van der Waals surface area contributed by atoms with Crippen LogP contribution in [0.1, 0.15) is 11.3 Å². The second kappa shape index (κ2) is 6.56. The molecule has 0 aliphatic carbocycles. The zero-order chi connectivity index (χ0) is 10.2. The van der Waals surface area contributed by atoms with Gasteiger partial charge in [0.1, 0.15) is 0 Å². The van der Waals surface area contributed by atoms with Gasteiger partial charge in [-0.3, -0.25) is 4.79 Å². The second-order valence-electron chi connectivity index (χ2n) is 3.03. The highest BCUT2D eigenvalue weighted by atomic mass is 32.1. The Morgan fingerprint density at radius 2 is 2.36 bits per heavy atom. The van der Waals surface area contributed by atoms with Crippen molar-refractivity contribution < 1.29 is 4.79 Å². The summed E-state index contributed by atoms with van der Waals surface area (Å²) in [6, 6.07) is 4.07. The largest absolute Gasteiger partial charge is 0.355 e. The lowest BCUT2D eigenvalue weighted by atomic mass is 10.2. The van der Waals surface area contributed by atoms with Gasteiger partial charge in [-0.2, -0.15) is 0 Å². The molecule has 14 heavy (non-hydrogen) atoms. The molecule has 2 N–H and O–H groups in total. The van der Waals surface area contributed by atoms with Gasteiger partial charge in [0.2, 0.25) is 5.91 Å². The lowest BCUT2D eigenvalue weighted by Crippen LogP contribution is -2.30. The molecule has 1 heterocycles. The maximum atomic E-state index is 11.3. The molecular formula is C10H16N2OS. The van der Waals surface area contributed by atoms with Crippen molar-refractivity contribution in [2.75, 3.05) is 20.1 Å². The van der Waals surface area contributed by atoms with Crippen LogP contribution < -0.4 is 10.6 Å². The molecule has 1 aromatic heterocycles. The van der Waals surface area contributed by atoms with Crippen molar-refractivity contribution in [2.45, 2.75) is 12.8 Å². The van der Waals surface area contributed by atoms with Crippen molar-refractivity contribution >= 4 is 17.2 Å². The van der Waals surface area contributed by atoms with E-state index in [9.17, 15) is 4.79 Å². The highest BCUT2D eigenvalue weighted by Gasteiger charge is 2.01. The predicted octanol–water partition coefficient (Wildman–Crippen LogP) is 1.02. The van der Waals surface area contributed by atoms with Crippen LogP contribution in [0.25, 0.3) is 0 Å². The second-order valence-corrected chi connectivity index (χ2v) is 4.07. The van der Waals surface area contributed by atoms with Gasteiger partial charge in [0.05, 0.1) is 0 Å². The maximum Gasteiger partial charge on any atom is 0.220 e. The van der Waals surface area contributed by atoms with E-state index in [0.29, 0.717) is 13.0 Å². The molecule has 0 aromatic carbocycles. The van der Waals surface area contributed by atoms with Crippen molar-refractivity contribution in [1.82, 2.24) is 10.6 Å². The van der Waals surface area contributed by atoms with Crippen LogP contribution in [0, 0.1) is 0 Å². The van der Waals surface area contributed by atoms with Crippen LogP contribution in [0.4, 0.5) is 0 Å². The summed E-state index contributed by atoms with van der Waals surface area (Å²) in [6.07, 6.45) is 1.44. The van der Waals surface area contributed by atoms with Crippen LogP contribution in [0.5, 0.6) is 0 Å². The van der Waals surface area contributed by atoms with Crippen LogP contribution in [0.3, 0.4) is 0 Å². The third kappa shape index (κ3) is 4.39. The first-order valence-electron chi connectivity index (χ1n) is 4.76. The molecule has 0 bridgehead atoms. The number of carbonyl (C=O) groups excluding carboxylic acids is 1. The molecule has 3 nitrogen and oxygen atoms in total. The molecular weight excluding hydrogens is 196 g/mol. The first-order chi connectivity index (χ1) is 6.83. The topological polar surface area (TPSA) is 41.1 Å². The van der Waals surface area contributed by atoms with E-state index >= 15 is 0 Å². The quantitative estimate of drug-likeness (QED) is 0.691. The molecule has 1 aromatic rings.